The van der Waals surface area contributed by atoms with E-state index in [9.17, 15) is 18.8 Å². The molecular weight excluding hydrogens is 461 g/mol. The van der Waals surface area contributed by atoms with Crippen LogP contribution in [0.25, 0.3) is 22.6 Å². The Morgan fingerprint density at radius 1 is 0.833 bits per heavy atom. The van der Waals surface area contributed by atoms with Crippen LogP contribution in [0.3, 0.4) is 0 Å². The Bertz CT molecular complexity index is 1660. The smallest absolute Gasteiger partial charge is 0.266 e. The lowest BCUT2D eigenvalue weighted by atomic mass is 10.1. The molecule has 36 heavy (non-hydrogen) atoms. The van der Waals surface area contributed by atoms with Gasteiger partial charge in [0.2, 0.25) is 5.89 Å². The Hall–Kier alpha value is -5.11. The third kappa shape index (κ3) is 3.61. The molecule has 0 fully saturated rings. The lowest BCUT2D eigenvalue weighted by molar-refractivity contribution is 0.0925. The minimum absolute atomic E-state index is 0.109. The Balaban J connectivity index is 1.25. The molecule has 1 aromatic heterocycles. The van der Waals surface area contributed by atoms with Crippen molar-refractivity contribution in [1.29, 1.82) is 0 Å². The molecule has 1 N–H and O–H groups in total. The van der Waals surface area contributed by atoms with E-state index in [1.54, 1.807) is 18.2 Å². The van der Waals surface area contributed by atoms with E-state index in [2.05, 4.69) is 10.3 Å². The summed E-state index contributed by atoms with van der Waals surface area (Å²) in [5, 5.41) is 2.81. The highest BCUT2D eigenvalue weighted by Gasteiger charge is 2.37. The lowest BCUT2D eigenvalue weighted by Gasteiger charge is -2.13. The third-order valence-electron chi connectivity index (χ3n) is 5.89. The van der Waals surface area contributed by atoms with Crippen molar-refractivity contribution < 1.29 is 23.2 Å². The monoisotopic (exact) mass is 477 g/mol. The molecule has 3 amide bonds. The van der Waals surface area contributed by atoms with E-state index < -0.39 is 23.5 Å². The number of anilines is 2. The average Bonchev–Trinajstić information content (AvgIpc) is 3.44. The largest absolute Gasteiger partial charge is 0.436 e. The van der Waals surface area contributed by atoms with Crippen molar-refractivity contribution in [2.75, 3.05) is 10.2 Å². The summed E-state index contributed by atoms with van der Waals surface area (Å²) in [6.45, 7) is 0. The van der Waals surface area contributed by atoms with E-state index in [-0.39, 0.29) is 22.4 Å². The first-order chi connectivity index (χ1) is 17.5. The number of halogens is 1. The summed E-state index contributed by atoms with van der Waals surface area (Å²) in [6.07, 6.45) is 0. The lowest BCUT2D eigenvalue weighted by Crippen LogP contribution is -2.29. The first-order valence-corrected chi connectivity index (χ1v) is 11.0. The molecule has 7 nitrogen and oxygen atoms in total. The Labute approximate surface area is 203 Å². The van der Waals surface area contributed by atoms with Crippen LogP contribution in [0.4, 0.5) is 15.8 Å². The van der Waals surface area contributed by atoms with Crippen LogP contribution in [0, 0.1) is 5.82 Å². The van der Waals surface area contributed by atoms with Crippen molar-refractivity contribution in [3.8, 4) is 11.5 Å². The third-order valence-corrected chi connectivity index (χ3v) is 5.89. The zero-order chi connectivity index (χ0) is 24.8. The zero-order valence-electron chi connectivity index (χ0n) is 18.6. The van der Waals surface area contributed by atoms with Gasteiger partial charge in [0.15, 0.2) is 5.58 Å². The van der Waals surface area contributed by atoms with E-state index in [1.807, 2.05) is 30.3 Å². The molecule has 8 heteroatoms. The van der Waals surface area contributed by atoms with Crippen LogP contribution >= 0.6 is 0 Å². The van der Waals surface area contributed by atoms with Crippen molar-refractivity contribution >= 4 is 40.2 Å². The van der Waals surface area contributed by atoms with Crippen molar-refractivity contribution in [2.24, 2.45) is 0 Å². The molecule has 6 rings (SSSR count). The molecule has 5 aromatic rings. The molecule has 4 aromatic carbocycles. The number of imide groups is 1. The maximum atomic E-state index is 13.3. The number of hydrogen-bond donors (Lipinski definition) is 1. The first kappa shape index (κ1) is 21.4. The average molecular weight is 477 g/mol. The molecule has 0 atom stereocenters. The molecule has 0 aliphatic carbocycles. The van der Waals surface area contributed by atoms with Crippen molar-refractivity contribution in [3.63, 3.8) is 0 Å². The highest BCUT2D eigenvalue weighted by atomic mass is 19.1. The van der Waals surface area contributed by atoms with Gasteiger partial charge in [0.25, 0.3) is 17.7 Å². The number of para-hydroxylation sites is 2. The fourth-order valence-electron chi connectivity index (χ4n) is 4.14. The van der Waals surface area contributed by atoms with Crippen LogP contribution in [0.15, 0.2) is 95.4 Å². The van der Waals surface area contributed by atoms with Gasteiger partial charge in [0.05, 0.1) is 16.8 Å². The van der Waals surface area contributed by atoms with E-state index in [4.69, 9.17) is 4.42 Å². The molecule has 0 spiro atoms. The van der Waals surface area contributed by atoms with Gasteiger partial charge < -0.3 is 9.73 Å². The van der Waals surface area contributed by atoms with Gasteiger partial charge in [-0.25, -0.2) is 14.3 Å². The number of nitrogens with one attached hydrogen (secondary N) is 1. The molecular formula is C28H16FN3O4. The van der Waals surface area contributed by atoms with Crippen LogP contribution in [0.1, 0.15) is 31.1 Å². The van der Waals surface area contributed by atoms with Gasteiger partial charge in [-0.1, -0.05) is 18.2 Å². The molecule has 0 saturated carbocycles. The summed E-state index contributed by atoms with van der Waals surface area (Å²) in [7, 11) is 0. The first-order valence-electron chi connectivity index (χ1n) is 11.0. The summed E-state index contributed by atoms with van der Waals surface area (Å²) >= 11 is 0. The van der Waals surface area contributed by atoms with Gasteiger partial charge in [-0.05, 0) is 72.8 Å². The second-order valence-electron chi connectivity index (χ2n) is 8.20. The van der Waals surface area contributed by atoms with Gasteiger partial charge in [-0.15, -0.1) is 0 Å². The number of nitrogens with zero attached hydrogens (tertiary/aromatic N) is 2. The second-order valence-corrected chi connectivity index (χ2v) is 8.20. The molecule has 0 radical (unpaired) electrons. The van der Waals surface area contributed by atoms with Gasteiger partial charge in [-0.3, -0.25) is 14.4 Å². The van der Waals surface area contributed by atoms with E-state index in [0.29, 0.717) is 22.7 Å². The van der Waals surface area contributed by atoms with Gasteiger partial charge in [0, 0.05) is 16.8 Å². The van der Waals surface area contributed by atoms with Gasteiger partial charge in [0.1, 0.15) is 11.3 Å². The highest BCUT2D eigenvalue weighted by Crippen LogP contribution is 2.30. The normalized spacial score (nSPS) is 12.8. The number of carbonyl (C=O) groups is 3. The summed E-state index contributed by atoms with van der Waals surface area (Å²) in [5.41, 5.74) is 3.34. The molecule has 0 saturated heterocycles. The molecule has 1 aliphatic heterocycles. The van der Waals surface area contributed by atoms with Crippen molar-refractivity contribution in [1.82, 2.24) is 4.98 Å². The fraction of sp³-hybridized carbons (Fsp3) is 0. The van der Waals surface area contributed by atoms with Gasteiger partial charge in [-0.2, -0.15) is 0 Å². The van der Waals surface area contributed by atoms with Crippen LogP contribution in [-0.4, -0.2) is 22.7 Å². The number of fused-ring (bicyclic) bond motifs is 2. The van der Waals surface area contributed by atoms with Crippen molar-refractivity contribution in [3.05, 3.63) is 114 Å². The topological polar surface area (TPSA) is 92.5 Å². The van der Waals surface area contributed by atoms with Gasteiger partial charge >= 0.3 is 0 Å². The van der Waals surface area contributed by atoms with Crippen LogP contribution in [0.5, 0.6) is 0 Å². The molecule has 2 heterocycles. The predicted molar refractivity (Wildman–Crippen MR) is 131 cm³/mol. The number of hydrogen-bond acceptors (Lipinski definition) is 5. The summed E-state index contributed by atoms with van der Waals surface area (Å²) in [4.78, 5) is 44.2. The summed E-state index contributed by atoms with van der Waals surface area (Å²) < 4.78 is 19.1. The minimum Gasteiger partial charge on any atom is -0.436 e. The standard InChI is InChI=1S/C28H16FN3O4/c29-18-9-11-20(12-10-18)32-27(34)21-13-8-16(15-22(21)28(32)35)25(33)30-19-5-3-4-17(14-19)26-31-23-6-1-2-7-24(23)36-26/h1-15H,(H,30,33). The summed E-state index contributed by atoms with van der Waals surface area (Å²) in [6, 6.07) is 23.8. The predicted octanol–water partition coefficient (Wildman–Crippen LogP) is 5.69. The number of rotatable bonds is 4. The zero-order valence-corrected chi connectivity index (χ0v) is 18.6. The van der Waals surface area contributed by atoms with E-state index >= 15 is 0 Å². The Morgan fingerprint density at radius 3 is 2.42 bits per heavy atom. The Kier molecular flexibility index (Phi) is 4.93. The number of amides is 3. The molecule has 174 valence electrons. The van der Waals surface area contributed by atoms with E-state index in [1.165, 1.54) is 42.5 Å². The minimum atomic E-state index is -0.575. The fourth-order valence-corrected chi connectivity index (χ4v) is 4.14. The molecule has 0 bridgehead atoms. The van der Waals surface area contributed by atoms with Crippen LogP contribution in [0.2, 0.25) is 0 Å². The molecule has 0 unspecified atom stereocenters. The van der Waals surface area contributed by atoms with Crippen LogP contribution in [-0.2, 0) is 0 Å². The van der Waals surface area contributed by atoms with Crippen molar-refractivity contribution in [2.45, 2.75) is 0 Å². The maximum Gasteiger partial charge on any atom is 0.266 e. The number of oxazole rings is 1. The number of aromatic nitrogens is 1. The number of benzene rings is 4. The SMILES string of the molecule is O=C(Nc1cccc(-c2nc3ccccc3o2)c1)c1ccc2c(c1)C(=O)N(c1ccc(F)cc1)C2=O. The second kappa shape index (κ2) is 8.28. The molecule has 1 aliphatic rings. The number of carbonyl (C=O) groups excluding carboxylic acids is 3. The Morgan fingerprint density at radius 2 is 1.61 bits per heavy atom. The van der Waals surface area contributed by atoms with Crippen LogP contribution < -0.4 is 10.2 Å². The summed E-state index contributed by atoms with van der Waals surface area (Å²) in [5.74, 6) is -1.61. The highest BCUT2D eigenvalue weighted by molar-refractivity contribution is 6.34. The quantitative estimate of drug-likeness (QED) is 0.336. The van der Waals surface area contributed by atoms with E-state index in [0.717, 1.165) is 10.4 Å². The maximum absolute atomic E-state index is 13.3.